The molecule has 2 fully saturated rings. The van der Waals surface area contributed by atoms with Crippen LogP contribution in [0.4, 0.5) is 0 Å². The minimum absolute atomic E-state index is 0.0798. The number of rotatable bonds is 5. The van der Waals surface area contributed by atoms with Crippen molar-refractivity contribution in [1.82, 2.24) is 0 Å². The fraction of sp³-hybridized carbons (Fsp3) is 0.542. The number of allylic oxidation sites excluding steroid dienone is 1. The highest BCUT2D eigenvalue weighted by Gasteiger charge is 2.54. The highest BCUT2D eigenvalue weighted by atomic mass is 16.8. The Morgan fingerprint density at radius 2 is 1.74 bits per heavy atom. The third-order valence-corrected chi connectivity index (χ3v) is 7.27. The quantitative estimate of drug-likeness (QED) is 0.398. The van der Waals surface area contributed by atoms with Crippen LogP contribution in [0.25, 0.3) is 5.57 Å². The van der Waals surface area contributed by atoms with Gasteiger partial charge in [-0.2, -0.15) is 0 Å². The van der Waals surface area contributed by atoms with Gasteiger partial charge in [-0.05, 0) is 29.9 Å². The summed E-state index contributed by atoms with van der Waals surface area (Å²) in [5, 5.41) is 49.7. The molecule has 1 aliphatic carbocycles. The second-order valence-electron chi connectivity index (χ2n) is 9.18. The summed E-state index contributed by atoms with van der Waals surface area (Å²) in [6.07, 6.45) is -4.65. The van der Waals surface area contributed by atoms with Crippen LogP contribution in [0.2, 0.25) is 0 Å². The first kappa shape index (κ1) is 23.3. The summed E-state index contributed by atoms with van der Waals surface area (Å²) in [7, 11) is 0. The maximum absolute atomic E-state index is 12.0. The van der Waals surface area contributed by atoms with Crippen molar-refractivity contribution >= 4 is 11.5 Å². The van der Waals surface area contributed by atoms with Gasteiger partial charge in [0.1, 0.15) is 30.5 Å². The van der Waals surface area contributed by atoms with Gasteiger partial charge in [0.25, 0.3) is 0 Å². The number of benzene rings is 1. The Morgan fingerprint density at radius 1 is 0.971 bits per heavy atom. The Labute approximate surface area is 195 Å². The van der Waals surface area contributed by atoms with E-state index in [0.29, 0.717) is 12.8 Å². The molecule has 184 valence electrons. The van der Waals surface area contributed by atoms with Gasteiger partial charge in [0.05, 0.1) is 30.6 Å². The van der Waals surface area contributed by atoms with Gasteiger partial charge in [-0.1, -0.05) is 30.3 Å². The second-order valence-corrected chi connectivity index (χ2v) is 9.18. The van der Waals surface area contributed by atoms with Crippen LogP contribution < -0.4 is 0 Å². The third kappa shape index (κ3) is 4.00. The van der Waals surface area contributed by atoms with Crippen LogP contribution in [0.15, 0.2) is 48.4 Å². The van der Waals surface area contributed by atoms with Crippen LogP contribution in [0.5, 0.6) is 0 Å². The van der Waals surface area contributed by atoms with Gasteiger partial charge in [-0.15, -0.1) is 0 Å². The maximum Gasteiger partial charge on any atom is 0.334 e. The maximum atomic E-state index is 12.0. The average Bonchev–Trinajstić information content (AvgIpc) is 2.84. The van der Waals surface area contributed by atoms with Crippen LogP contribution in [-0.2, 0) is 23.7 Å². The molecular weight excluding hydrogens is 448 g/mol. The van der Waals surface area contributed by atoms with E-state index in [9.17, 15) is 30.3 Å². The van der Waals surface area contributed by atoms with Gasteiger partial charge >= 0.3 is 5.97 Å². The molecule has 5 rings (SSSR count). The van der Waals surface area contributed by atoms with Crippen molar-refractivity contribution in [2.24, 2.45) is 17.8 Å². The highest BCUT2D eigenvalue weighted by molar-refractivity contribution is 5.87. The molecule has 3 heterocycles. The zero-order chi connectivity index (χ0) is 24.0. The smallest absolute Gasteiger partial charge is 0.334 e. The molecular formula is C24H28O10. The number of fused-ring (bicyclic) bond motifs is 4. The fourth-order valence-corrected chi connectivity index (χ4v) is 5.51. The predicted molar refractivity (Wildman–Crippen MR) is 114 cm³/mol. The molecule has 0 amide bonds. The summed E-state index contributed by atoms with van der Waals surface area (Å²) in [6, 6.07) is 9.79. The number of aliphatic hydroxyl groups is 4. The zero-order valence-electron chi connectivity index (χ0n) is 18.2. The summed E-state index contributed by atoms with van der Waals surface area (Å²) in [6.45, 7) is -0.591. The Hall–Kier alpha value is -2.47. The van der Waals surface area contributed by atoms with E-state index in [2.05, 4.69) is 0 Å². The highest BCUT2D eigenvalue weighted by Crippen LogP contribution is 2.51. The molecule has 10 heteroatoms. The Kier molecular flexibility index (Phi) is 6.36. The molecule has 2 bridgehead atoms. The van der Waals surface area contributed by atoms with Crippen molar-refractivity contribution in [1.29, 1.82) is 0 Å². The molecule has 1 saturated heterocycles. The largest absolute Gasteiger partial charge is 0.497 e. The minimum atomic E-state index is -1.60. The standard InChI is InChI=1S/C24H28O10/c25-8-17-19(26)20(27)21(28)24(33-17)34-23-18-13(15(10-32-23)22(29)30)6-12-7-16(18)31-9-14(12)11-4-2-1-3-5-11/h1-5,9-10,12-13,16-21,23-28H,6-8H2,(H,29,30)/t12-,13-,16+,17-,18+,19-,20+,21-,23+,24+/m1/s1. The van der Waals surface area contributed by atoms with Crippen LogP contribution in [0.1, 0.15) is 18.4 Å². The Balaban J connectivity index is 1.41. The van der Waals surface area contributed by atoms with Gasteiger partial charge < -0.3 is 44.5 Å². The van der Waals surface area contributed by atoms with Crippen LogP contribution in [0, 0.1) is 17.8 Å². The number of hydrogen-bond donors (Lipinski definition) is 5. The number of ether oxygens (including phenoxy) is 4. The molecule has 3 aliphatic heterocycles. The van der Waals surface area contributed by atoms with E-state index in [-0.39, 0.29) is 11.5 Å². The van der Waals surface area contributed by atoms with Gasteiger partial charge in [0.15, 0.2) is 6.29 Å². The lowest BCUT2D eigenvalue weighted by molar-refractivity contribution is -0.346. The van der Waals surface area contributed by atoms with E-state index in [1.807, 2.05) is 30.3 Å². The number of carboxylic acids is 1. The lowest BCUT2D eigenvalue weighted by atomic mass is 9.65. The molecule has 0 spiro atoms. The van der Waals surface area contributed by atoms with Gasteiger partial charge in [0.2, 0.25) is 6.29 Å². The number of carbonyl (C=O) groups is 1. The molecule has 1 aromatic rings. The number of aliphatic carboxylic acids is 1. The predicted octanol–water partition coefficient (Wildman–Crippen LogP) is 0.210. The third-order valence-electron chi connectivity index (χ3n) is 7.27. The molecule has 0 aromatic heterocycles. The molecule has 1 saturated carbocycles. The van der Waals surface area contributed by atoms with E-state index in [1.165, 1.54) is 0 Å². The van der Waals surface area contributed by atoms with E-state index in [4.69, 9.17) is 18.9 Å². The number of hydrogen-bond acceptors (Lipinski definition) is 9. The fourth-order valence-electron chi connectivity index (χ4n) is 5.51. The van der Waals surface area contributed by atoms with Crippen LogP contribution in [-0.4, -0.2) is 81.2 Å². The second kappa shape index (κ2) is 9.29. The first-order chi connectivity index (χ1) is 16.4. The zero-order valence-corrected chi connectivity index (χ0v) is 18.2. The van der Waals surface area contributed by atoms with Crippen molar-refractivity contribution < 1.29 is 49.3 Å². The van der Waals surface area contributed by atoms with Gasteiger partial charge in [0, 0.05) is 5.92 Å². The molecule has 0 unspecified atom stereocenters. The van der Waals surface area contributed by atoms with Crippen molar-refractivity contribution in [2.45, 2.75) is 55.9 Å². The lowest BCUT2D eigenvalue weighted by Gasteiger charge is -2.49. The van der Waals surface area contributed by atoms with Gasteiger partial charge in [-0.25, -0.2) is 4.79 Å². The van der Waals surface area contributed by atoms with Crippen molar-refractivity contribution in [2.75, 3.05) is 6.61 Å². The summed E-state index contributed by atoms with van der Waals surface area (Å²) >= 11 is 0. The molecule has 1 aromatic carbocycles. The minimum Gasteiger partial charge on any atom is -0.497 e. The molecule has 34 heavy (non-hydrogen) atoms. The monoisotopic (exact) mass is 476 g/mol. The van der Waals surface area contributed by atoms with Gasteiger partial charge in [-0.3, -0.25) is 0 Å². The van der Waals surface area contributed by atoms with Crippen molar-refractivity contribution in [3.8, 4) is 0 Å². The molecule has 5 N–H and O–H groups in total. The van der Waals surface area contributed by atoms with E-state index in [0.717, 1.165) is 17.4 Å². The van der Waals surface area contributed by atoms with Crippen LogP contribution in [0.3, 0.4) is 0 Å². The van der Waals surface area contributed by atoms with E-state index >= 15 is 0 Å². The molecule has 0 radical (unpaired) electrons. The SMILES string of the molecule is O=C(O)C1=CO[C@@H](O[C@@H]2O[C@H](CO)[C@@H](O)[C@H](O)[C@H]2O)[C@@H]2[C@@H]3C[C@@H](C[C@H]12)C(c1ccccc1)=CO3. The number of aliphatic hydroxyl groups excluding tert-OH is 4. The topological polar surface area (TPSA) is 155 Å². The normalized spacial score (nSPS) is 41.3. The molecule has 4 aliphatic rings. The van der Waals surface area contributed by atoms with Crippen molar-refractivity contribution in [3.05, 3.63) is 54.0 Å². The molecule has 10 nitrogen and oxygen atoms in total. The Morgan fingerprint density at radius 3 is 2.44 bits per heavy atom. The first-order valence-corrected chi connectivity index (χ1v) is 11.3. The van der Waals surface area contributed by atoms with Crippen LogP contribution >= 0.6 is 0 Å². The first-order valence-electron chi connectivity index (χ1n) is 11.3. The summed E-state index contributed by atoms with van der Waals surface area (Å²) < 4.78 is 23.1. The Bertz CT molecular complexity index is 960. The number of carboxylic acid groups (broad SMARTS) is 1. The average molecular weight is 476 g/mol. The molecule has 10 atom stereocenters. The summed E-state index contributed by atoms with van der Waals surface area (Å²) in [5.41, 5.74) is 2.15. The van der Waals surface area contributed by atoms with E-state index in [1.54, 1.807) is 6.26 Å². The van der Waals surface area contributed by atoms with Crippen molar-refractivity contribution in [3.63, 3.8) is 0 Å². The lowest BCUT2D eigenvalue weighted by Crippen LogP contribution is -2.61. The summed E-state index contributed by atoms with van der Waals surface area (Å²) in [4.78, 5) is 12.0. The summed E-state index contributed by atoms with van der Waals surface area (Å²) in [5.74, 6) is -1.98. The van der Waals surface area contributed by atoms with E-state index < -0.39 is 67.5 Å².